The largest absolute Gasteiger partial charge is 0.489 e. The van der Waals surface area contributed by atoms with Crippen molar-refractivity contribution in [2.24, 2.45) is 58.2 Å². The zero-order valence-corrected chi connectivity index (χ0v) is 70.3. The Bertz CT molecular complexity index is 4440. The Morgan fingerprint density at radius 2 is 0.921 bits per heavy atom. The number of anilines is 2. The monoisotopic (exact) mass is 1610 g/mol. The van der Waals surface area contributed by atoms with Gasteiger partial charge in [-0.3, -0.25) is 47.8 Å². The second kappa shape index (κ2) is 31.9. The number of nitrogens with zero attached hydrogens (tertiary/aromatic N) is 6. The lowest BCUT2D eigenvalue weighted by Gasteiger charge is -2.32. The van der Waals surface area contributed by atoms with Crippen molar-refractivity contribution in [1.82, 2.24) is 29.2 Å². The molecule has 4 aliphatic carbocycles. The van der Waals surface area contributed by atoms with E-state index in [0.29, 0.717) is 76.3 Å². The van der Waals surface area contributed by atoms with Gasteiger partial charge in [-0.05, 0) is 204 Å². The normalized spacial score (nSPS) is 30.8. The molecule has 0 bridgehead atoms. The predicted molar refractivity (Wildman–Crippen MR) is 430 cm³/mol. The number of hydrogen-bond donors (Lipinski definition) is 2. The summed E-state index contributed by atoms with van der Waals surface area (Å²) < 4.78 is 92.5. The molecule has 0 radical (unpaired) electrons. The summed E-state index contributed by atoms with van der Waals surface area (Å²) in [5.74, 6) is -3.77. The minimum atomic E-state index is -3.95. The molecule has 26 nitrogen and oxygen atoms in total. The molecule has 2 aromatic heterocycles. The van der Waals surface area contributed by atoms with Crippen molar-refractivity contribution in [3.05, 3.63) is 73.1 Å². The molecular formula is C86H116N8O18S2. The number of likely N-dealkylation sites (N-methyl/N-ethyl adjacent to an activating group) is 2. The maximum atomic E-state index is 14.9. The lowest BCUT2D eigenvalue weighted by Crippen LogP contribution is -2.48. The summed E-state index contributed by atoms with van der Waals surface area (Å²) in [4.78, 5) is 131. The first-order valence-electron chi connectivity index (χ1n) is 41.0. The Morgan fingerprint density at radius 1 is 0.544 bits per heavy atom. The fraction of sp³-hybridized carbons (Fsp3) is 0.651. The fourth-order valence-electron chi connectivity index (χ4n) is 17.9. The Balaban J connectivity index is 0.000000199. The van der Waals surface area contributed by atoms with Crippen LogP contribution in [-0.2, 0) is 67.9 Å². The van der Waals surface area contributed by atoms with Gasteiger partial charge < -0.3 is 48.0 Å². The van der Waals surface area contributed by atoms with Gasteiger partial charge in [0.25, 0.3) is 0 Å². The molecule has 4 aromatic rings. The number of nitrogens with one attached hydrogen (secondary N) is 2. The second-order valence-electron chi connectivity index (χ2n) is 37.2. The number of ketones is 2. The molecule has 114 heavy (non-hydrogen) atoms. The van der Waals surface area contributed by atoms with E-state index in [9.17, 15) is 55.2 Å². The van der Waals surface area contributed by atoms with Gasteiger partial charge in [0.05, 0.1) is 94.6 Å². The molecule has 0 spiro atoms. The molecule has 4 saturated carbocycles. The zero-order chi connectivity index (χ0) is 82.2. The number of amides is 4. The highest BCUT2D eigenvalue weighted by molar-refractivity contribution is 7.92. The molecule has 10 aliphatic rings. The van der Waals surface area contributed by atoms with Crippen LogP contribution >= 0.6 is 0 Å². The minimum absolute atomic E-state index is 0.0554. The standard InChI is InChI=1S/2C43H58N4O9S/c2*1-26-10-8-9-11-28-23-43(28,40(51)45-57(52,53)42(6)15-16-42)24-35(48)34-21-29(25-47(34)39(50)32(27(2)20-26)22-36(49)56-41(3,4)5)55-38-31-12-13-33-37(30(31)14-17-44-38)54-19-18-46(33)7/h2*9,11-14,17,26-29,32,34H,8,10,15-16,18-25H2,1-7H3,(H,45,51)/b2*11-9-/t26-,27+,28+,29+,32-,34-,43+;26-,27-,28-,29-,32+,34+,43-/m01/s1. The van der Waals surface area contributed by atoms with Crippen LogP contribution in [-0.4, -0.2) is 182 Å². The third-order valence-corrected chi connectivity index (χ3v) is 29.9. The number of sulfonamides is 2. The quantitative estimate of drug-likeness (QED) is 0.0875. The number of pyridine rings is 2. The number of hydrogen-bond acceptors (Lipinski definition) is 22. The van der Waals surface area contributed by atoms with Crippen molar-refractivity contribution in [1.29, 1.82) is 0 Å². The zero-order valence-electron chi connectivity index (χ0n) is 68.7. The Morgan fingerprint density at radius 3 is 1.28 bits per heavy atom. The Labute approximate surface area is 670 Å². The number of benzene rings is 2. The molecule has 2 N–H and O–H groups in total. The smallest absolute Gasteiger partial charge is 0.307 e. The first kappa shape index (κ1) is 83.5. The summed E-state index contributed by atoms with van der Waals surface area (Å²) in [6, 6.07) is 9.60. The van der Waals surface area contributed by atoms with Crippen molar-refractivity contribution in [2.45, 2.75) is 244 Å². The molecule has 620 valence electrons. The van der Waals surface area contributed by atoms with E-state index in [1.807, 2.05) is 88.6 Å². The van der Waals surface area contributed by atoms with Gasteiger partial charge in [-0.15, -0.1) is 0 Å². The Hall–Kier alpha value is -8.40. The summed E-state index contributed by atoms with van der Waals surface area (Å²) >= 11 is 0. The average Bonchev–Trinajstić information content (AvgIpc) is 1.56. The number of allylic oxidation sites excluding steroid dienone is 4. The Kier molecular flexibility index (Phi) is 23.4. The van der Waals surface area contributed by atoms with Crippen molar-refractivity contribution in [2.75, 3.05) is 63.3 Å². The van der Waals surface area contributed by atoms with E-state index < -0.39 is 111 Å². The highest BCUT2D eigenvalue weighted by atomic mass is 32.2. The highest BCUT2D eigenvalue weighted by Gasteiger charge is 2.65. The molecule has 6 aliphatic heterocycles. The van der Waals surface area contributed by atoms with E-state index in [0.717, 1.165) is 83.2 Å². The van der Waals surface area contributed by atoms with Crippen LogP contribution in [0, 0.1) is 58.2 Å². The second-order valence-corrected chi connectivity index (χ2v) is 41.6. The molecule has 6 fully saturated rings. The van der Waals surface area contributed by atoms with Gasteiger partial charge >= 0.3 is 11.9 Å². The van der Waals surface area contributed by atoms with Crippen LogP contribution in [0.3, 0.4) is 0 Å². The SMILES string of the molecule is C[C@@H]1CC/C=C\[C@@H]2C[C@@]2(C(=O)NS(=O)(=O)C2(C)CC2)CC(=O)[C@@H]2C[C@@H](Oc3nccc4c5c(ccc34)N(C)CCO5)CN2C(=O)[C@@H](CC(=O)OC(C)(C)C)[C@H](C)C1.C[C@H]1CC/C=C\[C@@H]2C[C@@]2(C(=O)NS(=O)(=O)C2(C)CC2)CC(=O)[C@@H]2C[C@@H](Oc3nccc4c5c(ccc34)N(C)CCO5)CN2C(=O)[C@@H](CC(=O)OC(C)(C)C)[C@H](C)C1. The predicted octanol–water partition coefficient (Wildman–Crippen LogP) is 11.5. The number of ether oxygens (including phenoxy) is 6. The molecule has 28 heteroatoms. The van der Waals surface area contributed by atoms with Crippen LogP contribution in [0.15, 0.2) is 73.1 Å². The number of carbonyl (C=O) groups excluding carboxylic acids is 8. The van der Waals surface area contributed by atoms with Crippen LogP contribution in [0.1, 0.15) is 199 Å². The van der Waals surface area contributed by atoms with E-state index in [-0.39, 0.29) is 111 Å². The number of carbonyl (C=O) groups is 8. The van der Waals surface area contributed by atoms with Gasteiger partial charge in [0, 0.05) is 73.7 Å². The lowest BCUT2D eigenvalue weighted by molar-refractivity contribution is -0.160. The molecule has 2 aromatic carbocycles. The van der Waals surface area contributed by atoms with Crippen LogP contribution in [0.5, 0.6) is 23.3 Å². The lowest BCUT2D eigenvalue weighted by atomic mass is 9.82. The highest BCUT2D eigenvalue weighted by Crippen LogP contribution is 2.60. The number of rotatable bonds is 14. The van der Waals surface area contributed by atoms with E-state index >= 15 is 0 Å². The van der Waals surface area contributed by atoms with Crippen molar-refractivity contribution >= 4 is 100 Å². The number of aromatic nitrogens is 2. The number of Topliss-reactive ketones (excluding diaryl/α,β-unsaturated/α-hetero) is 2. The molecule has 14 atom stereocenters. The molecule has 0 unspecified atom stereocenters. The van der Waals surface area contributed by atoms with Crippen molar-refractivity contribution in [3.63, 3.8) is 0 Å². The van der Waals surface area contributed by atoms with E-state index in [4.69, 9.17) is 28.4 Å². The fourth-order valence-corrected chi connectivity index (χ4v) is 20.6. The van der Waals surface area contributed by atoms with Gasteiger partial charge in [0.1, 0.15) is 36.6 Å². The van der Waals surface area contributed by atoms with Crippen LogP contribution in [0.4, 0.5) is 11.4 Å². The summed E-state index contributed by atoms with van der Waals surface area (Å²) in [6.07, 6.45) is 16.4. The van der Waals surface area contributed by atoms with E-state index in [2.05, 4.69) is 43.1 Å². The molecule has 14 rings (SSSR count). The van der Waals surface area contributed by atoms with Gasteiger partial charge in [0.15, 0.2) is 23.1 Å². The van der Waals surface area contributed by atoms with Crippen LogP contribution < -0.4 is 38.2 Å². The first-order chi connectivity index (χ1) is 53.6. The first-order valence-corrected chi connectivity index (χ1v) is 44.0. The van der Waals surface area contributed by atoms with Gasteiger partial charge in [-0.1, -0.05) is 52.0 Å². The van der Waals surface area contributed by atoms with Crippen LogP contribution in [0.2, 0.25) is 0 Å². The topological polar surface area (TPSA) is 323 Å². The average molecular weight is 1610 g/mol. The third-order valence-electron chi connectivity index (χ3n) is 25.6. The number of esters is 2. The van der Waals surface area contributed by atoms with Gasteiger partial charge in [-0.25, -0.2) is 26.8 Å². The summed E-state index contributed by atoms with van der Waals surface area (Å²) in [7, 11) is -3.89. The molecule has 8 heterocycles. The minimum Gasteiger partial charge on any atom is -0.489 e. The summed E-state index contributed by atoms with van der Waals surface area (Å²) in [5.41, 5.74) is -2.12. The van der Waals surface area contributed by atoms with E-state index in [1.54, 1.807) is 67.8 Å². The third kappa shape index (κ3) is 17.8. The van der Waals surface area contributed by atoms with Gasteiger partial charge in [-0.2, -0.15) is 0 Å². The van der Waals surface area contributed by atoms with Crippen molar-refractivity contribution in [3.8, 4) is 23.3 Å². The van der Waals surface area contributed by atoms with Gasteiger partial charge in [0.2, 0.25) is 55.4 Å². The maximum Gasteiger partial charge on any atom is 0.307 e. The summed E-state index contributed by atoms with van der Waals surface area (Å²) in [5, 5.41) is 3.13. The maximum absolute atomic E-state index is 14.9. The number of fused-ring (bicyclic) bond motifs is 10. The molecular weight excluding hydrogens is 1500 g/mol. The molecule has 2 saturated heterocycles. The van der Waals surface area contributed by atoms with E-state index in [1.165, 1.54) is 9.80 Å². The molecule has 4 amide bonds. The van der Waals surface area contributed by atoms with Crippen LogP contribution in [0.25, 0.3) is 21.5 Å². The van der Waals surface area contributed by atoms with Crippen molar-refractivity contribution < 1.29 is 83.6 Å². The summed E-state index contributed by atoms with van der Waals surface area (Å²) in [6.45, 7) is 24.9.